The number of hydrogen-bond acceptors (Lipinski definition) is 4. The molecule has 0 aliphatic carbocycles. The molecule has 0 aliphatic rings. The molecule has 0 spiro atoms. The number of hydrogen-bond donors (Lipinski definition) is 2. The van der Waals surface area contributed by atoms with Crippen molar-refractivity contribution in [2.24, 2.45) is 5.92 Å². The third-order valence-electron chi connectivity index (χ3n) is 2.37. The SMILES string of the molecule is CC(CNc1cc(F)cc(F)c1[N+](=O)[O-])CC(=O)O. The van der Waals surface area contributed by atoms with Crippen LogP contribution in [0.5, 0.6) is 0 Å². The Labute approximate surface area is 107 Å². The number of nitro groups is 1. The number of halogens is 2. The minimum absolute atomic E-state index is 0.0516. The molecule has 1 atom stereocenters. The second-order valence-corrected chi connectivity index (χ2v) is 4.12. The Morgan fingerprint density at radius 2 is 2.16 bits per heavy atom. The summed E-state index contributed by atoms with van der Waals surface area (Å²) in [7, 11) is 0. The highest BCUT2D eigenvalue weighted by Crippen LogP contribution is 2.29. The number of rotatable bonds is 6. The number of carboxylic acid groups (broad SMARTS) is 1. The lowest BCUT2D eigenvalue weighted by molar-refractivity contribution is -0.386. The highest BCUT2D eigenvalue weighted by Gasteiger charge is 2.22. The van der Waals surface area contributed by atoms with E-state index in [4.69, 9.17) is 5.11 Å². The van der Waals surface area contributed by atoms with Gasteiger partial charge in [0.1, 0.15) is 11.5 Å². The number of benzene rings is 1. The van der Waals surface area contributed by atoms with Gasteiger partial charge in [-0.2, -0.15) is 4.39 Å². The summed E-state index contributed by atoms with van der Waals surface area (Å²) in [6, 6.07) is 1.22. The molecule has 0 bridgehead atoms. The van der Waals surface area contributed by atoms with E-state index in [1.165, 1.54) is 0 Å². The van der Waals surface area contributed by atoms with E-state index in [1.54, 1.807) is 6.92 Å². The van der Waals surface area contributed by atoms with Gasteiger partial charge in [0.2, 0.25) is 5.82 Å². The molecule has 0 saturated heterocycles. The second-order valence-electron chi connectivity index (χ2n) is 4.12. The van der Waals surface area contributed by atoms with Gasteiger partial charge in [0.05, 0.1) is 4.92 Å². The molecule has 0 amide bonds. The van der Waals surface area contributed by atoms with Crippen LogP contribution in [-0.2, 0) is 4.79 Å². The van der Waals surface area contributed by atoms with Crippen LogP contribution in [-0.4, -0.2) is 22.5 Å². The molecule has 1 aromatic rings. The van der Waals surface area contributed by atoms with E-state index in [0.29, 0.717) is 6.07 Å². The van der Waals surface area contributed by atoms with Gasteiger partial charge in [0, 0.05) is 25.1 Å². The lowest BCUT2D eigenvalue weighted by atomic mass is 10.1. The third-order valence-corrected chi connectivity index (χ3v) is 2.37. The Hall–Kier alpha value is -2.25. The van der Waals surface area contributed by atoms with Crippen molar-refractivity contribution >= 4 is 17.3 Å². The number of nitrogens with one attached hydrogen (secondary N) is 1. The number of nitro benzene ring substituents is 1. The first kappa shape index (κ1) is 14.8. The maximum atomic E-state index is 13.3. The molecule has 0 radical (unpaired) electrons. The molecule has 0 aromatic heterocycles. The fourth-order valence-corrected chi connectivity index (χ4v) is 1.54. The average Bonchev–Trinajstić information content (AvgIpc) is 2.23. The van der Waals surface area contributed by atoms with Gasteiger partial charge in [-0.3, -0.25) is 14.9 Å². The minimum Gasteiger partial charge on any atom is -0.481 e. The summed E-state index contributed by atoms with van der Waals surface area (Å²) >= 11 is 0. The first-order valence-electron chi connectivity index (χ1n) is 5.40. The third kappa shape index (κ3) is 4.16. The molecule has 1 rings (SSSR count). The topological polar surface area (TPSA) is 92.5 Å². The van der Waals surface area contributed by atoms with Crippen LogP contribution < -0.4 is 5.32 Å². The van der Waals surface area contributed by atoms with Crippen molar-refractivity contribution in [3.8, 4) is 0 Å². The van der Waals surface area contributed by atoms with E-state index < -0.39 is 28.2 Å². The van der Waals surface area contributed by atoms with Crippen LogP contribution in [0.25, 0.3) is 0 Å². The Bertz CT molecular complexity index is 508. The highest BCUT2D eigenvalue weighted by molar-refractivity contribution is 5.67. The molecule has 19 heavy (non-hydrogen) atoms. The summed E-state index contributed by atoms with van der Waals surface area (Å²) in [6.07, 6.45) is -0.154. The monoisotopic (exact) mass is 274 g/mol. The van der Waals surface area contributed by atoms with E-state index >= 15 is 0 Å². The fraction of sp³-hybridized carbons (Fsp3) is 0.364. The summed E-state index contributed by atoms with van der Waals surface area (Å²) in [5.74, 6) is -3.59. The van der Waals surface area contributed by atoms with Crippen molar-refractivity contribution in [3.05, 3.63) is 33.9 Å². The van der Waals surface area contributed by atoms with Gasteiger partial charge < -0.3 is 10.4 Å². The first-order chi connectivity index (χ1) is 8.81. The van der Waals surface area contributed by atoms with Crippen molar-refractivity contribution in [2.75, 3.05) is 11.9 Å². The molecule has 0 saturated carbocycles. The molecular weight excluding hydrogens is 262 g/mol. The van der Waals surface area contributed by atoms with E-state index in [0.717, 1.165) is 6.07 Å². The minimum atomic E-state index is -1.28. The lowest BCUT2D eigenvalue weighted by Crippen LogP contribution is -2.16. The van der Waals surface area contributed by atoms with Crippen LogP contribution in [0.1, 0.15) is 13.3 Å². The summed E-state index contributed by atoms with van der Waals surface area (Å²) in [6.45, 7) is 1.65. The standard InChI is InChI=1S/C11H12F2N2O4/c1-6(2-10(16)17)5-14-9-4-7(12)3-8(13)11(9)15(18)19/h3-4,6,14H,2,5H2,1H3,(H,16,17). The van der Waals surface area contributed by atoms with Crippen molar-refractivity contribution in [2.45, 2.75) is 13.3 Å². The van der Waals surface area contributed by atoms with Gasteiger partial charge >= 0.3 is 11.7 Å². The van der Waals surface area contributed by atoms with E-state index in [9.17, 15) is 23.7 Å². The molecule has 0 heterocycles. The quantitative estimate of drug-likeness (QED) is 0.613. The molecule has 0 aliphatic heterocycles. The fourth-order valence-electron chi connectivity index (χ4n) is 1.54. The molecule has 1 unspecified atom stereocenters. The number of aliphatic carboxylic acids is 1. The predicted molar refractivity (Wildman–Crippen MR) is 62.9 cm³/mol. The van der Waals surface area contributed by atoms with Crippen molar-refractivity contribution in [1.82, 2.24) is 0 Å². The number of carbonyl (C=O) groups is 1. The summed E-state index contributed by atoms with van der Waals surface area (Å²) in [5.41, 5.74) is -1.16. The van der Waals surface area contributed by atoms with Gasteiger partial charge in [-0.25, -0.2) is 4.39 Å². The zero-order valence-corrected chi connectivity index (χ0v) is 10.0. The smallest absolute Gasteiger partial charge is 0.327 e. The van der Waals surface area contributed by atoms with Crippen LogP contribution in [0.15, 0.2) is 12.1 Å². The Balaban J connectivity index is 2.88. The maximum absolute atomic E-state index is 13.3. The molecule has 2 N–H and O–H groups in total. The van der Waals surface area contributed by atoms with Gasteiger partial charge in [0.25, 0.3) is 0 Å². The summed E-state index contributed by atoms with van der Waals surface area (Å²) in [5, 5.41) is 21.7. The Kier molecular flexibility index (Phi) is 4.74. The molecule has 0 fully saturated rings. The Morgan fingerprint density at radius 1 is 1.53 bits per heavy atom. The van der Waals surface area contributed by atoms with Gasteiger partial charge in [-0.15, -0.1) is 0 Å². The van der Waals surface area contributed by atoms with Crippen molar-refractivity contribution < 1.29 is 23.6 Å². The van der Waals surface area contributed by atoms with Gasteiger partial charge in [-0.05, 0) is 5.92 Å². The van der Waals surface area contributed by atoms with Gasteiger partial charge in [-0.1, -0.05) is 6.92 Å². The van der Waals surface area contributed by atoms with Crippen LogP contribution in [0.4, 0.5) is 20.2 Å². The molecular formula is C11H12F2N2O4. The molecule has 104 valence electrons. The Morgan fingerprint density at radius 3 is 2.68 bits per heavy atom. The lowest BCUT2D eigenvalue weighted by Gasteiger charge is -2.12. The summed E-state index contributed by atoms with van der Waals surface area (Å²) in [4.78, 5) is 20.2. The van der Waals surface area contributed by atoms with E-state index in [1.807, 2.05) is 0 Å². The zero-order valence-electron chi connectivity index (χ0n) is 10.0. The summed E-state index contributed by atoms with van der Waals surface area (Å²) < 4.78 is 26.3. The van der Waals surface area contributed by atoms with Gasteiger partial charge in [0.15, 0.2) is 0 Å². The highest BCUT2D eigenvalue weighted by atomic mass is 19.1. The maximum Gasteiger partial charge on any atom is 0.327 e. The zero-order chi connectivity index (χ0) is 14.6. The molecule has 6 nitrogen and oxygen atoms in total. The number of anilines is 1. The van der Waals surface area contributed by atoms with Crippen LogP contribution in [0.2, 0.25) is 0 Å². The van der Waals surface area contributed by atoms with Crippen LogP contribution in [0.3, 0.4) is 0 Å². The van der Waals surface area contributed by atoms with E-state index in [2.05, 4.69) is 5.32 Å². The molecule has 8 heteroatoms. The number of carboxylic acids is 1. The second kappa shape index (κ2) is 6.07. The van der Waals surface area contributed by atoms with Crippen LogP contribution >= 0.6 is 0 Å². The normalized spacial score (nSPS) is 11.9. The molecule has 1 aromatic carbocycles. The number of nitrogens with zero attached hydrogens (tertiary/aromatic N) is 1. The predicted octanol–water partition coefficient (Wildman–Crippen LogP) is 2.40. The first-order valence-corrected chi connectivity index (χ1v) is 5.40. The van der Waals surface area contributed by atoms with Crippen LogP contribution in [0, 0.1) is 27.7 Å². The average molecular weight is 274 g/mol. The largest absolute Gasteiger partial charge is 0.481 e. The van der Waals surface area contributed by atoms with Crippen molar-refractivity contribution in [1.29, 1.82) is 0 Å². The van der Waals surface area contributed by atoms with E-state index in [-0.39, 0.29) is 24.6 Å². The van der Waals surface area contributed by atoms with Crippen molar-refractivity contribution in [3.63, 3.8) is 0 Å².